The summed E-state index contributed by atoms with van der Waals surface area (Å²) in [6, 6.07) is 9.02. The van der Waals surface area contributed by atoms with Gasteiger partial charge in [0.25, 0.3) is 0 Å². The normalized spacial score (nSPS) is 14.2. The summed E-state index contributed by atoms with van der Waals surface area (Å²) < 4.78 is 38.1. The van der Waals surface area contributed by atoms with Crippen LogP contribution in [0.25, 0.3) is 0 Å². The number of fused-ring (bicyclic) bond motifs is 1. The van der Waals surface area contributed by atoms with Crippen molar-refractivity contribution in [3.05, 3.63) is 47.8 Å². The molecule has 27 heavy (non-hydrogen) atoms. The molecule has 9 heteroatoms. The fourth-order valence-corrected chi connectivity index (χ4v) is 2.88. The summed E-state index contributed by atoms with van der Waals surface area (Å²) in [4.78, 5) is 14.0. The van der Waals surface area contributed by atoms with Gasteiger partial charge in [0.15, 0.2) is 5.96 Å². The van der Waals surface area contributed by atoms with Crippen LogP contribution in [0.2, 0.25) is 0 Å². The minimum Gasteiger partial charge on any atom is -0.356 e. The smallest absolute Gasteiger partial charge is 0.356 e. The highest BCUT2D eigenvalue weighted by Gasteiger charge is 2.32. The van der Waals surface area contributed by atoms with Gasteiger partial charge in [-0.3, -0.25) is 4.99 Å². The minimum atomic E-state index is -4.49. The first kappa shape index (κ1) is 18.9. The van der Waals surface area contributed by atoms with Gasteiger partial charge in [-0.15, -0.1) is 0 Å². The maximum Gasteiger partial charge on any atom is 0.433 e. The summed E-state index contributed by atoms with van der Waals surface area (Å²) in [5, 5.41) is 6.05. The molecule has 0 spiro atoms. The lowest BCUT2D eigenvalue weighted by Crippen LogP contribution is -2.40. The summed E-state index contributed by atoms with van der Waals surface area (Å²) in [5.41, 5.74) is 1.44. The summed E-state index contributed by atoms with van der Waals surface area (Å²) in [6.45, 7) is 4.26. The number of halogens is 3. The predicted molar refractivity (Wildman–Crippen MR) is 99.0 cm³/mol. The number of benzene rings is 1. The summed E-state index contributed by atoms with van der Waals surface area (Å²) >= 11 is 0. The average Bonchev–Trinajstić information content (AvgIpc) is 3.08. The Kier molecular flexibility index (Phi) is 5.78. The molecular weight excluding hydrogens is 357 g/mol. The molecule has 2 aromatic rings. The van der Waals surface area contributed by atoms with Crippen LogP contribution in [0.4, 0.5) is 24.8 Å². The molecule has 0 aliphatic carbocycles. The van der Waals surface area contributed by atoms with Crippen LogP contribution in [-0.2, 0) is 12.6 Å². The molecular formula is C18H21F3N6. The third kappa shape index (κ3) is 4.66. The number of hydrogen-bond acceptors (Lipinski definition) is 4. The van der Waals surface area contributed by atoms with E-state index in [1.54, 1.807) is 0 Å². The van der Waals surface area contributed by atoms with E-state index in [9.17, 15) is 13.2 Å². The number of aliphatic imine (C=N–C) groups is 1. The van der Waals surface area contributed by atoms with Gasteiger partial charge < -0.3 is 15.5 Å². The zero-order valence-corrected chi connectivity index (χ0v) is 14.9. The molecule has 3 rings (SSSR count). The molecule has 144 valence electrons. The van der Waals surface area contributed by atoms with E-state index >= 15 is 0 Å². The minimum absolute atomic E-state index is 0.0588. The van der Waals surface area contributed by atoms with Gasteiger partial charge in [-0.25, -0.2) is 9.97 Å². The van der Waals surface area contributed by atoms with Gasteiger partial charge in [-0.2, -0.15) is 13.2 Å². The maximum absolute atomic E-state index is 12.7. The Morgan fingerprint density at radius 1 is 1.26 bits per heavy atom. The molecule has 0 radical (unpaired) electrons. The van der Waals surface area contributed by atoms with Gasteiger partial charge in [0.1, 0.15) is 5.69 Å². The van der Waals surface area contributed by atoms with E-state index in [1.807, 2.05) is 19.1 Å². The first-order valence-corrected chi connectivity index (χ1v) is 8.77. The molecule has 2 N–H and O–H groups in total. The van der Waals surface area contributed by atoms with Gasteiger partial charge in [-0.05, 0) is 31.0 Å². The number of alkyl halides is 3. The fourth-order valence-electron chi connectivity index (χ4n) is 2.88. The molecule has 0 atom stereocenters. The summed E-state index contributed by atoms with van der Waals surface area (Å²) in [6.07, 6.45) is -2.44. The van der Waals surface area contributed by atoms with Gasteiger partial charge in [0, 0.05) is 31.5 Å². The molecule has 1 aliphatic heterocycles. The van der Waals surface area contributed by atoms with Gasteiger partial charge >= 0.3 is 6.18 Å². The van der Waals surface area contributed by atoms with Crippen molar-refractivity contribution in [2.24, 2.45) is 4.99 Å². The van der Waals surface area contributed by atoms with Crippen molar-refractivity contribution in [1.29, 1.82) is 0 Å². The molecule has 0 unspecified atom stereocenters. The summed E-state index contributed by atoms with van der Waals surface area (Å²) in [7, 11) is 0. The molecule has 1 aromatic carbocycles. The van der Waals surface area contributed by atoms with Crippen LogP contribution in [0.5, 0.6) is 0 Å². The van der Waals surface area contributed by atoms with E-state index in [1.165, 1.54) is 5.56 Å². The van der Waals surface area contributed by atoms with Crippen molar-refractivity contribution in [3.63, 3.8) is 0 Å². The van der Waals surface area contributed by atoms with Crippen LogP contribution >= 0.6 is 0 Å². The molecule has 6 nitrogen and oxygen atoms in total. The van der Waals surface area contributed by atoms with E-state index in [0.717, 1.165) is 43.4 Å². The van der Waals surface area contributed by atoms with E-state index in [2.05, 4.69) is 42.6 Å². The average molecular weight is 378 g/mol. The summed E-state index contributed by atoms with van der Waals surface area (Å²) in [5.74, 6) is 0.700. The van der Waals surface area contributed by atoms with E-state index in [0.29, 0.717) is 13.1 Å². The maximum atomic E-state index is 12.7. The second kappa shape index (κ2) is 8.24. The second-order valence-corrected chi connectivity index (χ2v) is 5.96. The molecule has 0 fully saturated rings. The van der Waals surface area contributed by atoms with Crippen molar-refractivity contribution in [2.45, 2.75) is 19.5 Å². The second-order valence-electron chi connectivity index (χ2n) is 5.96. The van der Waals surface area contributed by atoms with Crippen LogP contribution in [0, 0.1) is 0 Å². The Morgan fingerprint density at radius 3 is 2.85 bits per heavy atom. The number of rotatable bonds is 5. The van der Waals surface area contributed by atoms with Crippen LogP contribution in [0.1, 0.15) is 18.2 Å². The third-order valence-corrected chi connectivity index (χ3v) is 4.08. The number of nitrogens with one attached hydrogen (secondary N) is 2. The van der Waals surface area contributed by atoms with Crippen molar-refractivity contribution in [3.8, 4) is 0 Å². The monoisotopic (exact) mass is 378 g/mol. The van der Waals surface area contributed by atoms with E-state index < -0.39 is 11.9 Å². The van der Waals surface area contributed by atoms with Crippen LogP contribution in [0.3, 0.4) is 0 Å². The standard InChI is InChI=1S/C18H21F3N6/c1-2-22-17(27-12-8-13-5-3-4-6-14(13)27)25-11-10-24-16-23-9-7-15(26-16)18(19,20)21/h3-7,9H,2,8,10-12H2,1H3,(H,22,25)(H,23,24,26). The SMILES string of the molecule is CCNC(=NCCNc1nccc(C(F)(F)F)n1)N1CCc2ccccc21. The number of aromatic nitrogens is 2. The zero-order chi connectivity index (χ0) is 19.3. The number of hydrogen-bond donors (Lipinski definition) is 2. The quantitative estimate of drug-likeness (QED) is 0.476. The Morgan fingerprint density at radius 2 is 2.07 bits per heavy atom. The lowest BCUT2D eigenvalue weighted by Gasteiger charge is -2.22. The number of para-hydroxylation sites is 1. The van der Waals surface area contributed by atoms with E-state index in [-0.39, 0.29) is 5.95 Å². The molecule has 0 amide bonds. The molecule has 0 saturated heterocycles. The number of nitrogens with zero attached hydrogens (tertiary/aromatic N) is 4. The predicted octanol–water partition coefficient (Wildman–Crippen LogP) is 2.94. The fraction of sp³-hybridized carbons (Fsp3) is 0.389. The first-order valence-electron chi connectivity index (χ1n) is 8.77. The lowest BCUT2D eigenvalue weighted by atomic mass is 10.2. The molecule has 0 saturated carbocycles. The van der Waals surface area contributed by atoms with Crippen molar-refractivity contribution >= 4 is 17.6 Å². The lowest BCUT2D eigenvalue weighted by molar-refractivity contribution is -0.141. The van der Waals surface area contributed by atoms with Gasteiger partial charge in [0.05, 0.1) is 6.54 Å². The highest BCUT2D eigenvalue weighted by molar-refractivity contribution is 5.97. The van der Waals surface area contributed by atoms with Gasteiger partial charge in [0.2, 0.25) is 5.95 Å². The first-order chi connectivity index (χ1) is 13.0. The molecule has 0 bridgehead atoms. The van der Waals surface area contributed by atoms with Crippen LogP contribution in [-0.4, -0.2) is 42.1 Å². The van der Waals surface area contributed by atoms with Crippen LogP contribution in [0.15, 0.2) is 41.5 Å². The third-order valence-electron chi connectivity index (χ3n) is 4.08. The highest BCUT2D eigenvalue weighted by Crippen LogP contribution is 2.28. The number of anilines is 2. The number of guanidine groups is 1. The van der Waals surface area contributed by atoms with Crippen molar-refractivity contribution < 1.29 is 13.2 Å². The van der Waals surface area contributed by atoms with Crippen molar-refractivity contribution in [2.75, 3.05) is 36.4 Å². The Bertz CT molecular complexity index is 806. The topological polar surface area (TPSA) is 65.4 Å². The molecule has 1 aromatic heterocycles. The molecule has 2 heterocycles. The highest BCUT2D eigenvalue weighted by atomic mass is 19.4. The Hall–Kier alpha value is -2.84. The Labute approximate surface area is 155 Å². The zero-order valence-electron chi connectivity index (χ0n) is 14.9. The molecule has 1 aliphatic rings. The van der Waals surface area contributed by atoms with Crippen LogP contribution < -0.4 is 15.5 Å². The van der Waals surface area contributed by atoms with E-state index in [4.69, 9.17) is 0 Å². The van der Waals surface area contributed by atoms with Gasteiger partial charge in [-0.1, -0.05) is 18.2 Å². The Balaban J connectivity index is 1.62. The largest absolute Gasteiger partial charge is 0.433 e. The van der Waals surface area contributed by atoms with Crippen molar-refractivity contribution in [1.82, 2.24) is 15.3 Å².